The first-order chi connectivity index (χ1) is 18.6. The van der Waals surface area contributed by atoms with Crippen molar-refractivity contribution in [3.63, 3.8) is 0 Å². The predicted octanol–water partition coefficient (Wildman–Crippen LogP) is 1.37. The van der Waals surface area contributed by atoms with E-state index in [1.165, 1.54) is 10.6 Å². The summed E-state index contributed by atoms with van der Waals surface area (Å²) in [5.41, 5.74) is 7.37. The van der Waals surface area contributed by atoms with Crippen molar-refractivity contribution in [3.8, 4) is 28.6 Å². The number of aromatic amines is 1. The van der Waals surface area contributed by atoms with Crippen molar-refractivity contribution in [3.05, 3.63) is 58.0 Å². The summed E-state index contributed by atoms with van der Waals surface area (Å²) in [6.45, 7) is 6.81. The largest absolute Gasteiger partial charge is 0.508 e. The number of phenols is 2. The lowest BCUT2D eigenvalue weighted by Crippen LogP contribution is -2.55. The number of phenolic OH excluding ortho intramolecular Hbond substituents is 2. The molecule has 0 aliphatic carbocycles. The number of thiol groups is 1. The number of H-pyrrole nitrogens is 1. The van der Waals surface area contributed by atoms with Crippen LogP contribution in [0.3, 0.4) is 0 Å². The number of nitrogens with one attached hydrogen (secondary N) is 2. The molecule has 3 aromatic rings. The van der Waals surface area contributed by atoms with Crippen LogP contribution in [0.4, 0.5) is 4.79 Å². The number of rotatable bonds is 8. The molecule has 12 nitrogen and oxygen atoms in total. The molecule has 1 atom stereocenters. The lowest BCUT2D eigenvalue weighted by Gasteiger charge is -2.35. The van der Waals surface area contributed by atoms with Gasteiger partial charge >= 0.3 is 11.7 Å². The first-order valence-electron chi connectivity index (χ1n) is 12.6. The number of piperazine rings is 1. The quantitative estimate of drug-likeness (QED) is 0.228. The number of nitrogens with two attached hydrogens (primary N) is 1. The van der Waals surface area contributed by atoms with Gasteiger partial charge in [-0.3, -0.25) is 9.69 Å². The number of carbonyl (C=O) groups is 2. The average molecular weight is 556 g/mol. The Morgan fingerprint density at radius 3 is 2.36 bits per heavy atom. The van der Waals surface area contributed by atoms with Gasteiger partial charge in [-0.15, -0.1) is 0 Å². The van der Waals surface area contributed by atoms with Gasteiger partial charge in [0.2, 0.25) is 5.91 Å². The molecule has 13 heteroatoms. The molecule has 2 heterocycles. The van der Waals surface area contributed by atoms with E-state index >= 15 is 0 Å². The molecule has 208 valence electrons. The van der Waals surface area contributed by atoms with Crippen LogP contribution in [0.25, 0.3) is 17.1 Å². The van der Waals surface area contributed by atoms with E-state index in [4.69, 9.17) is 5.73 Å². The molecular formula is C26H33N7O5S. The zero-order valence-electron chi connectivity index (χ0n) is 21.8. The van der Waals surface area contributed by atoms with Crippen LogP contribution in [0, 0.1) is 0 Å². The Morgan fingerprint density at radius 1 is 1.10 bits per heavy atom. The van der Waals surface area contributed by atoms with Gasteiger partial charge in [-0.05, 0) is 35.2 Å². The summed E-state index contributed by atoms with van der Waals surface area (Å²) >= 11 is 4.05. The van der Waals surface area contributed by atoms with Crippen LogP contribution in [0.5, 0.6) is 11.5 Å². The minimum atomic E-state index is -0.809. The van der Waals surface area contributed by atoms with Gasteiger partial charge < -0.3 is 26.2 Å². The van der Waals surface area contributed by atoms with Crippen molar-refractivity contribution in [1.29, 1.82) is 0 Å². The van der Waals surface area contributed by atoms with Crippen molar-refractivity contribution in [2.24, 2.45) is 5.73 Å². The van der Waals surface area contributed by atoms with Crippen molar-refractivity contribution in [2.45, 2.75) is 32.4 Å². The van der Waals surface area contributed by atoms with E-state index in [1.807, 2.05) is 38.1 Å². The number of nitrogens with zero attached hydrogens (tertiary/aromatic N) is 4. The number of aromatic nitrogens is 3. The molecule has 1 unspecified atom stereocenters. The number of primary amides is 1. The number of aromatic hydroxyl groups is 2. The fourth-order valence-corrected chi connectivity index (χ4v) is 4.79. The third kappa shape index (κ3) is 6.20. The lowest BCUT2D eigenvalue weighted by molar-refractivity contribution is -0.119. The van der Waals surface area contributed by atoms with Crippen LogP contribution in [0.2, 0.25) is 0 Å². The molecule has 1 aliphatic rings. The highest BCUT2D eigenvalue weighted by Gasteiger charge is 2.25. The Morgan fingerprint density at radius 2 is 1.77 bits per heavy atom. The second kappa shape index (κ2) is 11.8. The van der Waals surface area contributed by atoms with Gasteiger partial charge in [0.15, 0.2) is 5.82 Å². The zero-order chi connectivity index (χ0) is 28.3. The molecule has 0 bridgehead atoms. The molecule has 1 aliphatic heterocycles. The van der Waals surface area contributed by atoms with Crippen LogP contribution in [-0.2, 0) is 11.3 Å². The molecule has 2 aromatic carbocycles. The second-order valence-electron chi connectivity index (χ2n) is 9.79. The van der Waals surface area contributed by atoms with Gasteiger partial charge in [-0.2, -0.15) is 17.7 Å². The maximum atomic E-state index is 12.7. The van der Waals surface area contributed by atoms with Gasteiger partial charge in [-0.25, -0.2) is 19.3 Å². The number of carbonyl (C=O) groups excluding carboxylic acids is 2. The monoisotopic (exact) mass is 555 g/mol. The molecule has 1 aromatic heterocycles. The highest BCUT2D eigenvalue weighted by atomic mass is 32.1. The molecule has 39 heavy (non-hydrogen) atoms. The summed E-state index contributed by atoms with van der Waals surface area (Å²) in [5, 5.41) is 29.9. The molecule has 1 fully saturated rings. The fourth-order valence-electron chi connectivity index (χ4n) is 4.52. The summed E-state index contributed by atoms with van der Waals surface area (Å²) in [5.74, 6) is -0.452. The van der Waals surface area contributed by atoms with Crippen LogP contribution in [0.15, 0.2) is 41.2 Å². The minimum Gasteiger partial charge on any atom is -0.508 e. The van der Waals surface area contributed by atoms with E-state index in [-0.39, 0.29) is 35.0 Å². The third-order valence-corrected chi connectivity index (χ3v) is 7.13. The van der Waals surface area contributed by atoms with E-state index in [0.29, 0.717) is 49.5 Å². The van der Waals surface area contributed by atoms with E-state index in [2.05, 4.69) is 33.0 Å². The van der Waals surface area contributed by atoms with Gasteiger partial charge in [0.1, 0.15) is 17.5 Å². The van der Waals surface area contributed by atoms with E-state index < -0.39 is 17.6 Å². The Labute approximate surface area is 230 Å². The predicted molar refractivity (Wildman–Crippen MR) is 149 cm³/mol. The first-order valence-corrected chi connectivity index (χ1v) is 13.2. The SMILES string of the molecule is CC(C)c1cc(-c2n[nH]c(=O)n2-c2ccc(CN3CCN(C(=O)NC(CS)C(N)=O)CC3)cc2)c(O)cc1O. The molecule has 0 saturated carbocycles. The van der Waals surface area contributed by atoms with Crippen molar-refractivity contribution >= 4 is 24.6 Å². The van der Waals surface area contributed by atoms with Crippen LogP contribution in [0.1, 0.15) is 30.9 Å². The van der Waals surface area contributed by atoms with Crippen LogP contribution in [-0.4, -0.2) is 84.7 Å². The molecule has 6 N–H and O–H groups in total. The number of amides is 3. The molecule has 0 spiro atoms. The average Bonchev–Trinajstić information content (AvgIpc) is 3.28. The molecular weight excluding hydrogens is 522 g/mol. The summed E-state index contributed by atoms with van der Waals surface area (Å²) < 4.78 is 1.38. The molecule has 4 rings (SSSR count). The molecule has 3 amide bonds. The topological polar surface area (TPSA) is 170 Å². The van der Waals surface area contributed by atoms with Crippen molar-refractivity contribution < 1.29 is 19.8 Å². The number of urea groups is 1. The molecule has 0 radical (unpaired) electrons. The van der Waals surface area contributed by atoms with Crippen LogP contribution < -0.4 is 16.7 Å². The second-order valence-corrected chi connectivity index (χ2v) is 10.2. The van der Waals surface area contributed by atoms with Crippen molar-refractivity contribution in [2.75, 3.05) is 31.9 Å². The summed E-state index contributed by atoms with van der Waals surface area (Å²) in [6, 6.07) is 9.20. The zero-order valence-corrected chi connectivity index (χ0v) is 22.7. The van der Waals surface area contributed by atoms with Crippen molar-refractivity contribution in [1.82, 2.24) is 29.9 Å². The Balaban J connectivity index is 1.44. The fraction of sp³-hybridized carbons (Fsp3) is 0.385. The minimum absolute atomic E-state index is 0.000837. The van der Waals surface area contributed by atoms with E-state index in [9.17, 15) is 24.6 Å². The molecule has 1 saturated heterocycles. The lowest BCUT2D eigenvalue weighted by atomic mass is 9.98. The van der Waals surface area contributed by atoms with Gasteiger partial charge in [-0.1, -0.05) is 26.0 Å². The highest BCUT2D eigenvalue weighted by molar-refractivity contribution is 7.80. The number of hydrogen-bond donors (Lipinski definition) is 6. The number of benzene rings is 2. The summed E-state index contributed by atoms with van der Waals surface area (Å²) in [6.07, 6.45) is 0. The van der Waals surface area contributed by atoms with Crippen LogP contribution >= 0.6 is 12.6 Å². The standard InChI is InChI=1S/C26H33N7O5S/c1-15(2)18-11-19(22(35)12-21(18)34)24-29-30-26(38)33(24)17-5-3-16(4-6-17)13-31-7-9-32(10-8-31)25(37)28-20(14-39)23(27)36/h3-6,11-12,15,20,34-35,39H,7-10,13-14H2,1-2H3,(H2,27,36)(H,28,37)(H,30,38). The van der Waals surface area contributed by atoms with Gasteiger partial charge in [0.05, 0.1) is 11.3 Å². The highest BCUT2D eigenvalue weighted by Crippen LogP contribution is 2.37. The van der Waals surface area contributed by atoms with E-state index in [0.717, 1.165) is 5.56 Å². The van der Waals surface area contributed by atoms with Gasteiger partial charge in [0, 0.05) is 44.5 Å². The van der Waals surface area contributed by atoms with Gasteiger partial charge in [0.25, 0.3) is 0 Å². The smallest absolute Gasteiger partial charge is 0.348 e. The Bertz CT molecular complexity index is 1390. The first kappa shape index (κ1) is 28.0. The normalized spacial score (nSPS) is 14.9. The third-order valence-electron chi connectivity index (χ3n) is 6.76. The van der Waals surface area contributed by atoms with E-state index in [1.54, 1.807) is 11.0 Å². The number of hydrogen-bond acceptors (Lipinski definition) is 8. The summed E-state index contributed by atoms with van der Waals surface area (Å²) in [7, 11) is 0. The maximum Gasteiger partial charge on any atom is 0.348 e. The Kier molecular flexibility index (Phi) is 8.51. The Hall–Kier alpha value is -3.97. The summed E-state index contributed by atoms with van der Waals surface area (Å²) in [4.78, 5) is 40.3. The maximum absolute atomic E-state index is 12.7.